The molecule has 88 valence electrons. The number of hydrogen-bond donors (Lipinski definition) is 1. The van der Waals surface area contributed by atoms with E-state index in [1.54, 1.807) is 11.3 Å². The van der Waals surface area contributed by atoms with Crippen molar-refractivity contribution < 1.29 is 5.11 Å². The van der Waals surface area contributed by atoms with E-state index in [0.717, 1.165) is 19.3 Å². The molecular formula is C14H20OS. The summed E-state index contributed by atoms with van der Waals surface area (Å²) in [5, 5.41) is 14.4. The summed E-state index contributed by atoms with van der Waals surface area (Å²) >= 11 is 1.71. The molecule has 16 heavy (non-hydrogen) atoms. The zero-order valence-electron chi connectivity index (χ0n) is 9.69. The van der Waals surface area contributed by atoms with Gasteiger partial charge in [-0.15, -0.1) is 0 Å². The van der Waals surface area contributed by atoms with Gasteiger partial charge in [0, 0.05) is 6.42 Å². The van der Waals surface area contributed by atoms with Gasteiger partial charge in [-0.25, -0.2) is 0 Å². The van der Waals surface area contributed by atoms with Crippen LogP contribution in [0.4, 0.5) is 0 Å². The number of allylic oxidation sites excluding steroid dienone is 1. The average Bonchev–Trinajstić information content (AvgIpc) is 2.69. The first-order chi connectivity index (χ1) is 7.86. The van der Waals surface area contributed by atoms with E-state index in [0.29, 0.717) is 0 Å². The van der Waals surface area contributed by atoms with Crippen molar-refractivity contribution in [1.82, 2.24) is 0 Å². The fourth-order valence-electron chi connectivity index (χ4n) is 2.28. The van der Waals surface area contributed by atoms with Crippen LogP contribution in [0.15, 0.2) is 28.5 Å². The number of aliphatic hydroxyl groups excluding tert-OH is 1. The van der Waals surface area contributed by atoms with Crippen LogP contribution in [-0.2, 0) is 6.42 Å². The van der Waals surface area contributed by atoms with Gasteiger partial charge in [0.15, 0.2) is 0 Å². The zero-order valence-corrected chi connectivity index (χ0v) is 10.5. The van der Waals surface area contributed by atoms with Crippen LogP contribution in [0.2, 0.25) is 0 Å². The van der Waals surface area contributed by atoms with Gasteiger partial charge in [0.1, 0.15) is 0 Å². The molecule has 1 aromatic heterocycles. The summed E-state index contributed by atoms with van der Waals surface area (Å²) < 4.78 is 0. The number of hydrogen-bond acceptors (Lipinski definition) is 2. The first kappa shape index (κ1) is 11.9. The highest BCUT2D eigenvalue weighted by Gasteiger charge is 2.12. The number of rotatable bonds is 3. The van der Waals surface area contributed by atoms with Crippen molar-refractivity contribution in [3.8, 4) is 0 Å². The van der Waals surface area contributed by atoms with Gasteiger partial charge < -0.3 is 5.11 Å². The highest BCUT2D eigenvalue weighted by atomic mass is 32.1. The van der Waals surface area contributed by atoms with E-state index in [4.69, 9.17) is 0 Å². The van der Waals surface area contributed by atoms with E-state index in [9.17, 15) is 5.11 Å². The van der Waals surface area contributed by atoms with E-state index < -0.39 is 0 Å². The monoisotopic (exact) mass is 236 g/mol. The average molecular weight is 236 g/mol. The van der Waals surface area contributed by atoms with Crippen molar-refractivity contribution in [1.29, 1.82) is 0 Å². The first-order valence-electron chi connectivity index (χ1n) is 6.24. The molecule has 1 heterocycles. The van der Waals surface area contributed by atoms with Crippen LogP contribution in [0.25, 0.3) is 0 Å². The maximum atomic E-state index is 10.2. The minimum atomic E-state index is -0.257. The van der Waals surface area contributed by atoms with Crippen LogP contribution in [0.1, 0.15) is 44.1 Å². The number of aliphatic hydroxyl groups is 1. The van der Waals surface area contributed by atoms with Gasteiger partial charge in [-0.1, -0.05) is 18.9 Å². The predicted molar refractivity (Wildman–Crippen MR) is 69.8 cm³/mol. The van der Waals surface area contributed by atoms with E-state index in [-0.39, 0.29) is 6.10 Å². The summed E-state index contributed by atoms with van der Waals surface area (Å²) in [6.07, 6.45) is 10.2. The summed E-state index contributed by atoms with van der Waals surface area (Å²) in [5.41, 5.74) is 2.53. The molecule has 0 spiro atoms. The fraction of sp³-hybridized carbons (Fsp3) is 0.571. The van der Waals surface area contributed by atoms with Gasteiger partial charge in [0.05, 0.1) is 6.10 Å². The molecule has 0 aromatic carbocycles. The maximum Gasteiger partial charge on any atom is 0.0790 e. The van der Waals surface area contributed by atoms with Gasteiger partial charge in [0.25, 0.3) is 0 Å². The van der Waals surface area contributed by atoms with E-state index in [1.807, 2.05) is 0 Å². The molecule has 0 saturated carbocycles. The highest BCUT2D eigenvalue weighted by molar-refractivity contribution is 7.07. The Labute approximate surface area is 102 Å². The third-order valence-electron chi connectivity index (χ3n) is 3.26. The molecule has 0 saturated heterocycles. The van der Waals surface area contributed by atoms with Gasteiger partial charge in [-0.05, 0) is 53.6 Å². The molecule has 1 aliphatic carbocycles. The van der Waals surface area contributed by atoms with Crippen LogP contribution >= 0.6 is 11.3 Å². The van der Waals surface area contributed by atoms with Crippen LogP contribution < -0.4 is 0 Å². The highest BCUT2D eigenvalue weighted by Crippen LogP contribution is 2.22. The molecule has 0 radical (unpaired) electrons. The minimum Gasteiger partial charge on any atom is -0.388 e. The van der Waals surface area contributed by atoms with Gasteiger partial charge >= 0.3 is 0 Å². The molecule has 2 rings (SSSR count). The van der Waals surface area contributed by atoms with Crippen molar-refractivity contribution >= 4 is 11.3 Å². The third-order valence-corrected chi connectivity index (χ3v) is 4.00. The topological polar surface area (TPSA) is 20.2 Å². The van der Waals surface area contributed by atoms with Crippen LogP contribution in [0.3, 0.4) is 0 Å². The van der Waals surface area contributed by atoms with E-state index >= 15 is 0 Å². The van der Waals surface area contributed by atoms with Crippen LogP contribution in [-0.4, -0.2) is 11.2 Å². The second-order valence-electron chi connectivity index (χ2n) is 4.58. The SMILES string of the molecule is OC(Cc1ccsc1)/C1=C/CCCCCC1. The Morgan fingerprint density at radius 2 is 2.12 bits per heavy atom. The molecule has 0 aliphatic heterocycles. The quantitative estimate of drug-likeness (QED) is 0.788. The van der Waals surface area contributed by atoms with Crippen molar-refractivity contribution in [3.63, 3.8) is 0 Å². The Bertz CT molecular complexity index is 327. The Morgan fingerprint density at radius 1 is 1.25 bits per heavy atom. The van der Waals surface area contributed by atoms with Crippen molar-refractivity contribution in [3.05, 3.63) is 34.0 Å². The molecular weight excluding hydrogens is 216 g/mol. The Kier molecular flexibility index (Phi) is 4.61. The standard InChI is InChI=1S/C14H20OS/c15-14(10-12-8-9-16-11-12)13-6-4-2-1-3-5-7-13/h6,8-9,11,14-15H,1-5,7,10H2/b13-6+. The summed E-state index contributed by atoms with van der Waals surface area (Å²) in [7, 11) is 0. The van der Waals surface area contributed by atoms with Crippen LogP contribution in [0.5, 0.6) is 0 Å². The summed E-state index contributed by atoms with van der Waals surface area (Å²) in [5.74, 6) is 0. The zero-order chi connectivity index (χ0) is 11.2. The number of thiophene rings is 1. The van der Waals surface area contributed by atoms with Crippen molar-refractivity contribution in [2.24, 2.45) is 0 Å². The van der Waals surface area contributed by atoms with Gasteiger partial charge in [-0.3, -0.25) is 0 Å². The second kappa shape index (κ2) is 6.21. The largest absolute Gasteiger partial charge is 0.388 e. The summed E-state index contributed by atoms with van der Waals surface area (Å²) in [6.45, 7) is 0. The Morgan fingerprint density at radius 3 is 2.94 bits per heavy atom. The molecule has 1 N–H and O–H groups in total. The first-order valence-corrected chi connectivity index (χ1v) is 7.18. The lowest BCUT2D eigenvalue weighted by Gasteiger charge is -2.17. The molecule has 0 fully saturated rings. The lowest BCUT2D eigenvalue weighted by molar-refractivity contribution is 0.205. The van der Waals surface area contributed by atoms with Crippen molar-refractivity contribution in [2.75, 3.05) is 0 Å². The van der Waals surface area contributed by atoms with E-state index in [2.05, 4.69) is 22.9 Å². The van der Waals surface area contributed by atoms with Crippen molar-refractivity contribution in [2.45, 2.75) is 51.0 Å². The minimum absolute atomic E-state index is 0.257. The van der Waals surface area contributed by atoms with Crippen LogP contribution in [0, 0.1) is 0 Å². The summed E-state index contributed by atoms with van der Waals surface area (Å²) in [4.78, 5) is 0. The van der Waals surface area contributed by atoms with Gasteiger partial charge in [-0.2, -0.15) is 11.3 Å². The molecule has 1 unspecified atom stereocenters. The molecule has 1 nitrogen and oxygen atoms in total. The van der Waals surface area contributed by atoms with E-state index in [1.165, 1.54) is 36.8 Å². The Balaban J connectivity index is 1.94. The molecule has 2 heteroatoms. The molecule has 0 amide bonds. The lowest BCUT2D eigenvalue weighted by atomic mass is 9.94. The predicted octanol–water partition coefficient (Wildman–Crippen LogP) is 3.93. The summed E-state index contributed by atoms with van der Waals surface area (Å²) in [6, 6.07) is 2.11. The molecule has 1 aromatic rings. The molecule has 0 bridgehead atoms. The Hall–Kier alpha value is -0.600. The molecule has 1 aliphatic rings. The fourth-order valence-corrected chi connectivity index (χ4v) is 2.96. The third kappa shape index (κ3) is 3.46. The lowest BCUT2D eigenvalue weighted by Crippen LogP contribution is -2.14. The normalized spacial score (nSPS) is 22.9. The maximum absolute atomic E-state index is 10.2. The smallest absolute Gasteiger partial charge is 0.0790 e. The second-order valence-corrected chi connectivity index (χ2v) is 5.36. The van der Waals surface area contributed by atoms with Gasteiger partial charge in [0.2, 0.25) is 0 Å². The molecule has 1 atom stereocenters.